The first kappa shape index (κ1) is 23.8. The van der Waals surface area contributed by atoms with Gasteiger partial charge in [0.2, 0.25) is 11.8 Å². The van der Waals surface area contributed by atoms with Crippen LogP contribution in [0, 0.1) is 0 Å². The van der Waals surface area contributed by atoms with Crippen LogP contribution < -0.4 is 15.2 Å². The van der Waals surface area contributed by atoms with E-state index in [1.807, 2.05) is 0 Å². The molecule has 32 heavy (non-hydrogen) atoms. The number of aromatic nitrogens is 1. The molecule has 12 heteroatoms. The molecule has 2 aromatic rings. The third-order valence-electron chi connectivity index (χ3n) is 4.69. The molecule has 0 bridgehead atoms. The zero-order valence-electron chi connectivity index (χ0n) is 16.4. The summed E-state index contributed by atoms with van der Waals surface area (Å²) in [6.45, 7) is -0.0389. The topological polar surface area (TPSA) is 94.8 Å². The molecule has 3 rings (SSSR count). The Bertz CT molecular complexity index is 988. The molecule has 2 amide bonds. The van der Waals surface area contributed by atoms with Crippen molar-refractivity contribution in [1.82, 2.24) is 9.88 Å². The summed E-state index contributed by atoms with van der Waals surface area (Å²) in [5.74, 6) is -1.64. The Morgan fingerprint density at radius 2 is 1.94 bits per heavy atom. The quantitative estimate of drug-likeness (QED) is 0.590. The predicted molar refractivity (Wildman–Crippen MR) is 108 cm³/mol. The van der Waals surface area contributed by atoms with Crippen LogP contribution in [0.5, 0.6) is 11.6 Å². The fourth-order valence-corrected chi connectivity index (χ4v) is 3.51. The van der Waals surface area contributed by atoms with Crippen molar-refractivity contribution in [2.24, 2.45) is 5.73 Å². The lowest BCUT2D eigenvalue weighted by molar-refractivity contribution is -0.274. The summed E-state index contributed by atoms with van der Waals surface area (Å²) in [6.07, 6.45) is -5.83. The van der Waals surface area contributed by atoms with Gasteiger partial charge >= 0.3 is 6.36 Å². The number of rotatable bonds is 6. The van der Waals surface area contributed by atoms with E-state index in [-0.39, 0.29) is 43.3 Å². The maximum absolute atomic E-state index is 14.7. The molecule has 0 unspecified atom stereocenters. The van der Waals surface area contributed by atoms with Crippen LogP contribution in [0.2, 0.25) is 0 Å². The number of benzene rings is 1. The van der Waals surface area contributed by atoms with Crippen LogP contribution in [0.3, 0.4) is 0 Å². The summed E-state index contributed by atoms with van der Waals surface area (Å²) >= 11 is 3.17. The Kier molecular flexibility index (Phi) is 7.22. The van der Waals surface area contributed by atoms with Gasteiger partial charge in [-0.1, -0.05) is 12.1 Å². The second kappa shape index (κ2) is 9.72. The van der Waals surface area contributed by atoms with Crippen molar-refractivity contribution in [2.75, 3.05) is 13.1 Å². The number of ether oxygens (including phenoxy) is 2. The zero-order valence-corrected chi connectivity index (χ0v) is 18.0. The molecule has 1 aromatic heterocycles. The minimum absolute atomic E-state index is 0.00281. The predicted octanol–water partition coefficient (Wildman–Crippen LogP) is 3.40. The van der Waals surface area contributed by atoms with E-state index in [2.05, 4.69) is 25.7 Å². The molecule has 0 aliphatic carbocycles. The monoisotopic (exact) mass is 519 g/mol. The average Bonchev–Trinajstić information content (AvgIpc) is 2.70. The number of piperidine rings is 1. The van der Waals surface area contributed by atoms with Crippen molar-refractivity contribution < 1.29 is 36.6 Å². The standard InChI is InChI=1S/C20H18BrF4N3O4/c21-12-8-14(18(26)30)19(27-9-12)31-16-5-6-28(10-15(16)22)17(29)7-11-1-3-13(4-2-11)32-20(23,24)25/h1-4,8-9,15-16H,5-7,10H2,(H2,26,30)/t15-,16-/m0/s1. The molecule has 2 heterocycles. The molecule has 2 N–H and O–H groups in total. The number of nitrogens with two attached hydrogens (primary N) is 1. The van der Waals surface area contributed by atoms with Crippen molar-refractivity contribution in [3.05, 3.63) is 52.1 Å². The van der Waals surface area contributed by atoms with Gasteiger partial charge in [-0.15, -0.1) is 13.2 Å². The number of hydrogen-bond donors (Lipinski definition) is 1. The maximum Gasteiger partial charge on any atom is 0.573 e. The molecular formula is C20H18BrF4N3O4. The molecule has 0 spiro atoms. The summed E-state index contributed by atoms with van der Waals surface area (Å²) in [5, 5.41) is 0. The molecule has 1 fully saturated rings. The van der Waals surface area contributed by atoms with Gasteiger partial charge in [0.05, 0.1) is 13.0 Å². The Morgan fingerprint density at radius 3 is 2.53 bits per heavy atom. The molecule has 1 aliphatic rings. The first-order valence-electron chi connectivity index (χ1n) is 9.40. The van der Waals surface area contributed by atoms with Crippen LogP contribution in [-0.4, -0.2) is 53.4 Å². The Balaban J connectivity index is 1.57. The maximum atomic E-state index is 14.7. The van der Waals surface area contributed by atoms with Crippen molar-refractivity contribution in [3.8, 4) is 11.6 Å². The van der Waals surface area contributed by atoms with Crippen LogP contribution in [0.25, 0.3) is 0 Å². The fourth-order valence-electron chi connectivity index (χ4n) is 3.18. The highest BCUT2D eigenvalue weighted by molar-refractivity contribution is 9.10. The van der Waals surface area contributed by atoms with Crippen LogP contribution in [0.1, 0.15) is 22.3 Å². The van der Waals surface area contributed by atoms with Crippen LogP contribution in [0.4, 0.5) is 17.6 Å². The smallest absolute Gasteiger partial charge is 0.471 e. The minimum Gasteiger partial charge on any atom is -0.471 e. The van der Waals surface area contributed by atoms with Gasteiger partial charge in [0, 0.05) is 23.6 Å². The number of carbonyl (C=O) groups excluding carboxylic acids is 2. The second-order valence-corrected chi connectivity index (χ2v) is 7.96. The van der Waals surface area contributed by atoms with Gasteiger partial charge in [-0.05, 0) is 39.7 Å². The summed E-state index contributed by atoms with van der Waals surface area (Å²) in [7, 11) is 0. The van der Waals surface area contributed by atoms with E-state index in [9.17, 15) is 27.2 Å². The normalized spacial score (nSPS) is 18.8. The number of nitrogens with zero attached hydrogens (tertiary/aromatic N) is 2. The van der Waals surface area contributed by atoms with Crippen LogP contribution in [0.15, 0.2) is 41.0 Å². The summed E-state index contributed by atoms with van der Waals surface area (Å²) in [4.78, 5) is 29.4. The lowest BCUT2D eigenvalue weighted by Gasteiger charge is -2.34. The van der Waals surface area contributed by atoms with Crippen molar-refractivity contribution in [1.29, 1.82) is 0 Å². The molecular weight excluding hydrogens is 502 g/mol. The first-order chi connectivity index (χ1) is 15.0. The zero-order chi connectivity index (χ0) is 23.5. The van der Waals surface area contributed by atoms with Gasteiger partial charge in [0.25, 0.3) is 5.91 Å². The molecule has 2 atom stereocenters. The lowest BCUT2D eigenvalue weighted by Crippen LogP contribution is -2.49. The second-order valence-electron chi connectivity index (χ2n) is 7.04. The van der Waals surface area contributed by atoms with Gasteiger partial charge in [0.15, 0.2) is 6.17 Å². The Morgan fingerprint density at radius 1 is 1.25 bits per heavy atom. The van der Waals surface area contributed by atoms with Gasteiger partial charge in [-0.3, -0.25) is 9.59 Å². The third-order valence-corrected chi connectivity index (χ3v) is 5.13. The highest BCUT2D eigenvalue weighted by Gasteiger charge is 2.34. The summed E-state index contributed by atoms with van der Waals surface area (Å²) in [5.41, 5.74) is 5.77. The van der Waals surface area contributed by atoms with E-state index in [0.717, 1.165) is 12.1 Å². The largest absolute Gasteiger partial charge is 0.573 e. The molecule has 1 aliphatic heterocycles. The molecule has 0 radical (unpaired) electrons. The number of hydrogen-bond acceptors (Lipinski definition) is 5. The van der Waals surface area contributed by atoms with E-state index >= 15 is 0 Å². The summed E-state index contributed by atoms with van der Waals surface area (Å²) < 4.78 is 61.2. The Labute approximate surface area is 188 Å². The molecule has 1 aromatic carbocycles. The SMILES string of the molecule is NC(=O)c1cc(Br)cnc1O[C@H]1CCN(C(=O)Cc2ccc(OC(F)(F)F)cc2)C[C@@H]1F. The Hall–Kier alpha value is -2.89. The van der Waals surface area contributed by atoms with Crippen LogP contribution in [-0.2, 0) is 11.2 Å². The van der Waals surface area contributed by atoms with E-state index in [4.69, 9.17) is 10.5 Å². The van der Waals surface area contributed by atoms with E-state index in [1.54, 1.807) is 0 Å². The van der Waals surface area contributed by atoms with Gasteiger partial charge in [-0.25, -0.2) is 9.37 Å². The minimum atomic E-state index is -4.80. The molecule has 7 nitrogen and oxygen atoms in total. The van der Waals surface area contributed by atoms with E-state index in [0.29, 0.717) is 10.0 Å². The number of amides is 2. The van der Waals surface area contributed by atoms with Gasteiger partial charge in [-0.2, -0.15) is 0 Å². The van der Waals surface area contributed by atoms with Crippen molar-refractivity contribution >= 4 is 27.7 Å². The van der Waals surface area contributed by atoms with E-state index in [1.165, 1.54) is 29.3 Å². The average molecular weight is 520 g/mol. The number of alkyl halides is 4. The van der Waals surface area contributed by atoms with E-state index < -0.39 is 30.3 Å². The van der Waals surface area contributed by atoms with Gasteiger partial charge in [0.1, 0.15) is 17.4 Å². The first-order valence-corrected chi connectivity index (χ1v) is 10.2. The third kappa shape index (κ3) is 6.31. The number of pyridine rings is 1. The molecule has 0 saturated carbocycles. The summed E-state index contributed by atoms with van der Waals surface area (Å²) in [6, 6.07) is 6.31. The number of likely N-dealkylation sites (tertiary alicyclic amines) is 1. The van der Waals surface area contributed by atoms with Crippen LogP contribution >= 0.6 is 15.9 Å². The number of primary amides is 1. The molecule has 172 valence electrons. The molecule has 1 saturated heterocycles. The highest BCUT2D eigenvalue weighted by atomic mass is 79.9. The van der Waals surface area contributed by atoms with Gasteiger partial charge < -0.3 is 20.1 Å². The van der Waals surface area contributed by atoms with Crippen molar-refractivity contribution in [2.45, 2.75) is 31.5 Å². The lowest BCUT2D eigenvalue weighted by atomic mass is 10.0. The number of halogens is 5. The highest BCUT2D eigenvalue weighted by Crippen LogP contribution is 2.26. The fraction of sp³-hybridized carbons (Fsp3) is 0.350. The van der Waals surface area contributed by atoms with Crippen molar-refractivity contribution in [3.63, 3.8) is 0 Å². The number of carbonyl (C=O) groups is 2.